The van der Waals surface area contributed by atoms with Gasteiger partial charge in [0.05, 0.1) is 29.3 Å². The van der Waals surface area contributed by atoms with Crippen molar-refractivity contribution >= 4 is 33.4 Å². The third-order valence-corrected chi connectivity index (χ3v) is 14.5. The van der Waals surface area contributed by atoms with Gasteiger partial charge in [-0.3, -0.25) is 14.5 Å². The summed E-state index contributed by atoms with van der Waals surface area (Å²) in [5.41, 5.74) is 4.45. The van der Waals surface area contributed by atoms with Crippen molar-refractivity contribution in [2.75, 3.05) is 54.1 Å². The van der Waals surface area contributed by atoms with Gasteiger partial charge in [0, 0.05) is 18.0 Å². The molecule has 2 N–H and O–H groups in total. The molecule has 6 aromatic carbocycles. The summed E-state index contributed by atoms with van der Waals surface area (Å²) in [5, 5.41) is 11.5. The van der Waals surface area contributed by atoms with E-state index in [0.29, 0.717) is 35.8 Å². The standard InChI is InChI=1S/C54H58N4O5/c1-36-17-19-41(63-35-52-23-9-27-58(52)28-10-24-52)32-44(36)50(59)55-53(25-26-53)46-15-8-13-38-31-39(18-21-43(38)46)48-34-54(48,47-16-7-12-37-11-5-6-14-42(37)47)56-51(60)45-33-40(20-22-49(45)61-4)62-30-29-57(2)3/h5-8,11-22,31-33,48H,9-10,23-30,34-35H2,1-4H3,(H,55,59)(H,56,60). The molecule has 2 aliphatic heterocycles. The van der Waals surface area contributed by atoms with Crippen LogP contribution in [0.2, 0.25) is 0 Å². The summed E-state index contributed by atoms with van der Waals surface area (Å²) >= 11 is 0. The van der Waals surface area contributed by atoms with Crippen molar-refractivity contribution in [2.24, 2.45) is 0 Å². The number of amides is 2. The average Bonchev–Trinajstić information content (AvgIpc) is 4.14. The van der Waals surface area contributed by atoms with Gasteiger partial charge in [0.25, 0.3) is 11.8 Å². The van der Waals surface area contributed by atoms with E-state index >= 15 is 0 Å². The lowest BCUT2D eigenvalue weighted by Gasteiger charge is -2.31. The first-order chi connectivity index (χ1) is 30.6. The van der Waals surface area contributed by atoms with Crippen LogP contribution in [0.15, 0.2) is 115 Å². The maximum absolute atomic E-state index is 14.5. The molecule has 2 amide bonds. The molecule has 10 rings (SSSR count). The van der Waals surface area contributed by atoms with Crippen molar-refractivity contribution in [3.63, 3.8) is 0 Å². The number of carbonyl (C=O) groups excluding carboxylic acids is 2. The first kappa shape index (κ1) is 41.1. The number of nitrogens with one attached hydrogen (secondary N) is 2. The molecule has 0 aromatic heterocycles. The highest BCUT2D eigenvalue weighted by Crippen LogP contribution is 2.60. The maximum Gasteiger partial charge on any atom is 0.255 e. The van der Waals surface area contributed by atoms with Gasteiger partial charge in [-0.15, -0.1) is 0 Å². The van der Waals surface area contributed by atoms with Gasteiger partial charge in [0.15, 0.2) is 0 Å². The minimum atomic E-state index is -0.662. The van der Waals surface area contributed by atoms with Gasteiger partial charge in [-0.1, -0.05) is 84.9 Å². The summed E-state index contributed by atoms with van der Waals surface area (Å²) < 4.78 is 18.2. The van der Waals surface area contributed by atoms with Gasteiger partial charge < -0.3 is 29.7 Å². The zero-order valence-corrected chi connectivity index (χ0v) is 37.0. The lowest BCUT2D eigenvalue weighted by atomic mass is 9.91. The van der Waals surface area contributed by atoms with Gasteiger partial charge in [-0.25, -0.2) is 0 Å². The Bertz CT molecular complexity index is 2710. The summed E-state index contributed by atoms with van der Waals surface area (Å²) in [6, 6.07) is 39.3. The quantitative estimate of drug-likeness (QED) is 0.107. The molecule has 2 heterocycles. The van der Waals surface area contributed by atoms with Gasteiger partial charge in [0.2, 0.25) is 0 Å². The molecule has 2 aliphatic carbocycles. The van der Waals surface area contributed by atoms with Crippen LogP contribution in [0.5, 0.6) is 17.2 Å². The Morgan fingerprint density at radius 3 is 2.17 bits per heavy atom. The number of fused-ring (bicyclic) bond motifs is 3. The monoisotopic (exact) mass is 842 g/mol. The van der Waals surface area contributed by atoms with Crippen LogP contribution >= 0.6 is 0 Å². The van der Waals surface area contributed by atoms with Crippen LogP contribution in [0.3, 0.4) is 0 Å². The summed E-state index contributed by atoms with van der Waals surface area (Å²) in [6.45, 7) is 6.25. The SMILES string of the molecule is COc1ccc(OCCN(C)C)cc1C(=O)NC1(c2cccc3ccccc23)CC1c1ccc2c(C3(NC(=O)c4cc(OCC56CCCN5CCC6)ccc4C)CC3)cccc2c1. The minimum absolute atomic E-state index is 0.0166. The molecule has 0 bridgehead atoms. The number of carbonyl (C=O) groups is 2. The number of methoxy groups -OCH3 is 1. The van der Waals surface area contributed by atoms with Crippen LogP contribution in [0.25, 0.3) is 21.5 Å². The molecule has 2 atom stereocenters. The van der Waals surface area contributed by atoms with Crippen LogP contribution in [-0.4, -0.2) is 81.2 Å². The number of hydrogen-bond acceptors (Lipinski definition) is 7. The molecule has 4 aliphatic rings. The molecule has 324 valence electrons. The molecule has 2 saturated carbocycles. The Labute approximate surface area is 370 Å². The highest BCUT2D eigenvalue weighted by atomic mass is 16.5. The van der Waals surface area contributed by atoms with Crippen LogP contribution in [-0.2, 0) is 11.1 Å². The molecule has 2 unspecified atom stereocenters. The smallest absolute Gasteiger partial charge is 0.255 e. The first-order valence-electron chi connectivity index (χ1n) is 22.7. The van der Waals surface area contributed by atoms with Crippen LogP contribution in [0.4, 0.5) is 0 Å². The number of aryl methyl sites for hydroxylation is 1. The third-order valence-electron chi connectivity index (χ3n) is 14.5. The van der Waals surface area contributed by atoms with Crippen molar-refractivity contribution in [1.82, 2.24) is 20.4 Å². The second-order valence-corrected chi connectivity index (χ2v) is 18.7. The normalized spacial score (nSPS) is 20.7. The fourth-order valence-electron chi connectivity index (χ4n) is 10.8. The van der Waals surface area contributed by atoms with Crippen molar-refractivity contribution in [1.29, 1.82) is 0 Å². The number of nitrogens with zero attached hydrogens (tertiary/aromatic N) is 2. The number of rotatable bonds is 15. The number of benzene rings is 6. The lowest BCUT2D eigenvalue weighted by Crippen LogP contribution is -2.43. The molecule has 0 radical (unpaired) electrons. The van der Waals surface area contributed by atoms with Gasteiger partial charge in [-0.2, -0.15) is 0 Å². The van der Waals surface area contributed by atoms with Crippen LogP contribution in [0, 0.1) is 6.92 Å². The summed E-state index contributed by atoms with van der Waals surface area (Å²) in [6.07, 6.45) is 7.31. The first-order valence-corrected chi connectivity index (χ1v) is 22.7. The molecule has 9 nitrogen and oxygen atoms in total. The van der Waals surface area contributed by atoms with Gasteiger partial charge in [-0.05, 0) is 153 Å². The molecule has 0 spiro atoms. The molecule has 9 heteroatoms. The fraction of sp³-hybridized carbons (Fsp3) is 0.370. The Balaban J connectivity index is 0.922. The number of ether oxygens (including phenoxy) is 3. The average molecular weight is 843 g/mol. The van der Waals surface area contributed by atoms with E-state index in [1.807, 2.05) is 45.3 Å². The van der Waals surface area contributed by atoms with Gasteiger partial charge >= 0.3 is 0 Å². The number of likely N-dealkylation sites (N-methyl/N-ethyl adjacent to an activating group) is 1. The van der Waals surface area contributed by atoms with Crippen molar-refractivity contribution in [3.8, 4) is 17.2 Å². The highest BCUT2D eigenvalue weighted by molar-refractivity contribution is 6.00. The Hall–Kier alpha value is -5.90. The van der Waals surface area contributed by atoms with Gasteiger partial charge in [0.1, 0.15) is 30.5 Å². The Morgan fingerprint density at radius 2 is 1.40 bits per heavy atom. The molecule has 4 fully saturated rings. The largest absolute Gasteiger partial charge is 0.496 e. The summed E-state index contributed by atoms with van der Waals surface area (Å²) in [5.74, 6) is 1.61. The van der Waals surface area contributed by atoms with E-state index in [-0.39, 0.29) is 23.3 Å². The zero-order valence-electron chi connectivity index (χ0n) is 37.0. The van der Waals surface area contributed by atoms with Crippen molar-refractivity contribution in [2.45, 2.75) is 74.4 Å². The second kappa shape index (κ2) is 16.3. The van der Waals surface area contributed by atoms with E-state index in [1.54, 1.807) is 19.2 Å². The topological polar surface area (TPSA) is 92.4 Å². The van der Waals surface area contributed by atoms with Crippen molar-refractivity contribution < 1.29 is 23.8 Å². The second-order valence-electron chi connectivity index (χ2n) is 18.7. The molecular formula is C54H58N4O5. The third kappa shape index (κ3) is 7.69. The summed E-state index contributed by atoms with van der Waals surface area (Å²) in [4.78, 5) is 33.4. The number of hydrogen-bond donors (Lipinski definition) is 2. The zero-order chi connectivity index (χ0) is 43.3. The van der Waals surface area contributed by atoms with Crippen LogP contribution in [0.1, 0.15) is 93.8 Å². The van der Waals surface area contributed by atoms with E-state index in [1.165, 1.54) is 25.7 Å². The minimum Gasteiger partial charge on any atom is -0.496 e. The molecular weight excluding hydrogens is 785 g/mol. The van der Waals surface area contributed by atoms with E-state index < -0.39 is 11.1 Å². The Morgan fingerprint density at radius 1 is 0.714 bits per heavy atom. The van der Waals surface area contributed by atoms with Crippen LogP contribution < -0.4 is 24.8 Å². The predicted octanol–water partition coefficient (Wildman–Crippen LogP) is 9.49. The van der Waals surface area contributed by atoms with E-state index in [4.69, 9.17) is 14.2 Å². The fourth-order valence-corrected chi connectivity index (χ4v) is 10.8. The van der Waals surface area contributed by atoms with E-state index in [2.05, 4.69) is 99.3 Å². The molecule has 63 heavy (non-hydrogen) atoms. The molecule has 2 saturated heterocycles. The maximum atomic E-state index is 14.5. The van der Waals surface area contributed by atoms with Crippen molar-refractivity contribution in [3.05, 3.63) is 149 Å². The molecule has 6 aromatic rings. The lowest BCUT2D eigenvalue weighted by molar-refractivity contribution is 0.0918. The predicted molar refractivity (Wildman–Crippen MR) is 249 cm³/mol. The van der Waals surface area contributed by atoms with E-state index in [0.717, 1.165) is 88.4 Å². The Kier molecular flexibility index (Phi) is 10.7. The highest BCUT2D eigenvalue weighted by Gasteiger charge is 2.58. The van der Waals surface area contributed by atoms with E-state index in [9.17, 15) is 9.59 Å². The summed E-state index contributed by atoms with van der Waals surface area (Å²) in [7, 11) is 5.60.